The number of H-pyrrole nitrogens is 1. The van der Waals surface area contributed by atoms with Gasteiger partial charge in [0.2, 0.25) is 0 Å². The molecule has 2 rings (SSSR count). The minimum absolute atomic E-state index is 0.351. The fraction of sp³-hybridized carbons (Fsp3) is 0.286. The Morgan fingerprint density at radius 3 is 2.69 bits per heavy atom. The largest absolute Gasteiger partial charge is 0.339 e. The minimum atomic E-state index is -0.371. The van der Waals surface area contributed by atoms with Crippen LogP contribution in [0.25, 0.3) is 11.2 Å². The van der Waals surface area contributed by atoms with E-state index in [1.807, 2.05) is 0 Å². The minimum Gasteiger partial charge on any atom is -0.339 e. The van der Waals surface area contributed by atoms with Gasteiger partial charge < -0.3 is 4.98 Å². The molecule has 68 valence electrons. The molecule has 0 amide bonds. The highest BCUT2D eigenvalue weighted by molar-refractivity contribution is 5.68. The Labute approximate surface area is 72.5 Å². The molecule has 0 atom stereocenters. The van der Waals surface area contributed by atoms with E-state index >= 15 is 0 Å². The molecule has 0 unspecified atom stereocenters. The van der Waals surface area contributed by atoms with Gasteiger partial charge in [-0.2, -0.15) is 0 Å². The molecule has 2 aromatic heterocycles. The van der Waals surface area contributed by atoms with Crippen LogP contribution < -0.4 is 11.2 Å². The van der Waals surface area contributed by atoms with Gasteiger partial charge in [0.1, 0.15) is 5.52 Å². The summed E-state index contributed by atoms with van der Waals surface area (Å²) in [6.07, 6.45) is 1.39. The number of nitrogens with zero attached hydrogens (tertiary/aromatic N) is 3. The molecule has 2 aromatic rings. The van der Waals surface area contributed by atoms with E-state index in [2.05, 4.69) is 9.97 Å². The first-order chi connectivity index (χ1) is 6.13. The quantitative estimate of drug-likeness (QED) is 0.567. The van der Waals surface area contributed by atoms with Crippen LogP contribution >= 0.6 is 0 Å². The van der Waals surface area contributed by atoms with Gasteiger partial charge in [-0.3, -0.25) is 13.9 Å². The van der Waals surface area contributed by atoms with E-state index in [-0.39, 0.29) is 11.2 Å². The van der Waals surface area contributed by atoms with E-state index < -0.39 is 0 Å². The van der Waals surface area contributed by atoms with Crippen molar-refractivity contribution in [2.24, 2.45) is 14.1 Å². The van der Waals surface area contributed by atoms with Gasteiger partial charge in [0.05, 0.1) is 6.33 Å². The SMILES string of the molecule is C[15n]1c(=O)c2[nH][13cH]nc2[15n](C)c1=O. The van der Waals surface area contributed by atoms with Crippen molar-refractivity contribution in [3.05, 3.63) is 27.2 Å². The highest BCUT2D eigenvalue weighted by atomic mass is 16.2. The van der Waals surface area contributed by atoms with Crippen molar-refractivity contribution in [2.45, 2.75) is 0 Å². The standard InChI is InChI=1S/C7H8N4O2/c1-10-5-4(8-3-9-5)6(12)11(2)7(10)13/h3H,1-2H3,(H,8,9)/i3+1,10+1,11+1. The van der Waals surface area contributed by atoms with Crippen molar-refractivity contribution in [1.82, 2.24) is 19.1 Å². The highest BCUT2D eigenvalue weighted by Gasteiger charge is 2.08. The van der Waals surface area contributed by atoms with Gasteiger partial charge in [-0.1, -0.05) is 0 Å². The summed E-state index contributed by atoms with van der Waals surface area (Å²) in [5.41, 5.74) is 0.0119. The molecule has 2 heterocycles. The molecular weight excluding hydrogens is 175 g/mol. The van der Waals surface area contributed by atoms with Crippen molar-refractivity contribution < 1.29 is 0 Å². The first-order valence-corrected chi connectivity index (χ1v) is 3.72. The molecule has 0 aliphatic heterocycles. The summed E-state index contributed by atoms with van der Waals surface area (Å²) in [6.45, 7) is 0. The Bertz CT molecular complexity index is 574. The molecule has 0 aliphatic rings. The number of hydrogen-bond acceptors (Lipinski definition) is 3. The van der Waals surface area contributed by atoms with Crippen LogP contribution in [0.4, 0.5) is 0 Å². The summed E-state index contributed by atoms with van der Waals surface area (Å²) in [5.74, 6) is 0. The monoisotopic (exact) mass is 183 g/mol. The van der Waals surface area contributed by atoms with Crippen molar-refractivity contribution in [3.63, 3.8) is 0 Å². The zero-order valence-electron chi connectivity index (χ0n) is 7.24. The van der Waals surface area contributed by atoms with Crippen LogP contribution in [0.1, 0.15) is 0 Å². The summed E-state index contributed by atoms with van der Waals surface area (Å²) in [6, 6.07) is 0. The molecule has 0 spiro atoms. The van der Waals surface area contributed by atoms with Gasteiger partial charge in [0, 0.05) is 14.1 Å². The number of nitrogens with one attached hydrogen (secondary N) is 1. The number of aryl methyl sites for hydroxylation is 1. The third kappa shape index (κ3) is 0.851. The lowest BCUT2D eigenvalue weighted by Crippen LogP contribution is -2.36. The van der Waals surface area contributed by atoms with Crippen LogP contribution in [-0.2, 0) is 14.1 Å². The van der Waals surface area contributed by atoms with Gasteiger partial charge in [-0.15, -0.1) is 0 Å². The van der Waals surface area contributed by atoms with Gasteiger partial charge >= 0.3 is 5.69 Å². The molecule has 13 heavy (non-hydrogen) atoms. The van der Waals surface area contributed by atoms with Crippen molar-refractivity contribution >= 4 is 11.2 Å². The van der Waals surface area contributed by atoms with Gasteiger partial charge in [0.25, 0.3) is 5.56 Å². The Balaban J connectivity index is 3.21. The Kier molecular flexibility index (Phi) is 1.39. The molecular formula is C7H8N4O2. The molecule has 0 fully saturated rings. The van der Waals surface area contributed by atoms with E-state index in [9.17, 15) is 9.59 Å². The fourth-order valence-electron chi connectivity index (χ4n) is 1.27. The van der Waals surface area contributed by atoms with Crippen LogP contribution in [0.5, 0.6) is 0 Å². The lowest BCUT2D eigenvalue weighted by molar-refractivity contribution is 0.709. The zero-order chi connectivity index (χ0) is 9.59. The third-order valence-electron chi connectivity index (χ3n) is 2.03. The molecule has 6 nitrogen and oxygen atoms in total. The summed E-state index contributed by atoms with van der Waals surface area (Å²) in [7, 11) is 3.01. The second-order valence-electron chi connectivity index (χ2n) is 2.81. The molecule has 6 heteroatoms. The van der Waals surface area contributed by atoms with Gasteiger partial charge in [0.15, 0.2) is 5.65 Å². The summed E-state index contributed by atoms with van der Waals surface area (Å²) in [5, 5.41) is 0. The van der Waals surface area contributed by atoms with Crippen LogP contribution in [0.2, 0.25) is 0 Å². The molecule has 0 radical (unpaired) electrons. The lowest BCUT2D eigenvalue weighted by Gasteiger charge is -2.00. The molecule has 0 bridgehead atoms. The number of hydrogen-bond donors (Lipinski definition) is 1. The van der Waals surface area contributed by atoms with E-state index in [0.29, 0.717) is 11.2 Å². The smallest absolute Gasteiger partial charge is 0.332 e. The fourth-order valence-corrected chi connectivity index (χ4v) is 1.27. The lowest BCUT2D eigenvalue weighted by atomic mass is 10.6. The van der Waals surface area contributed by atoms with E-state index in [1.54, 1.807) is 7.05 Å². The molecule has 0 aliphatic carbocycles. The highest BCUT2D eigenvalue weighted by Crippen LogP contribution is 1.97. The maximum Gasteiger partial charge on any atom is 0.332 e. The van der Waals surface area contributed by atoms with Crippen LogP contribution in [-0.4, -0.2) is 19.1 Å². The topological polar surface area (TPSA) is 72.7 Å². The number of rotatable bonds is 0. The van der Waals surface area contributed by atoms with Crippen LogP contribution in [0, 0.1) is 0 Å². The van der Waals surface area contributed by atoms with Gasteiger partial charge in [-0.05, 0) is 0 Å². The zero-order valence-corrected chi connectivity index (χ0v) is 7.24. The summed E-state index contributed by atoms with van der Waals surface area (Å²) >= 11 is 0. The molecule has 0 saturated carbocycles. The average Bonchev–Trinajstić information content (AvgIpc) is 2.59. The predicted octanol–water partition coefficient (Wildman–Crippen LogP) is -1.04. The van der Waals surface area contributed by atoms with Gasteiger partial charge in [-0.25, -0.2) is 9.78 Å². The second-order valence-corrected chi connectivity index (χ2v) is 2.81. The molecule has 0 aromatic carbocycles. The number of aromatic nitrogens is 4. The number of fused-ring (bicyclic) bond motifs is 1. The Hall–Kier alpha value is -1.85. The predicted molar refractivity (Wildman–Crippen MR) is 46.6 cm³/mol. The number of aromatic amines is 1. The van der Waals surface area contributed by atoms with E-state index in [4.69, 9.17) is 0 Å². The second kappa shape index (κ2) is 2.32. The van der Waals surface area contributed by atoms with Crippen molar-refractivity contribution in [1.29, 1.82) is 0 Å². The molecule has 0 saturated heterocycles. The maximum absolute atomic E-state index is 11.4. The first-order valence-electron chi connectivity index (χ1n) is 3.72. The van der Waals surface area contributed by atoms with E-state index in [0.717, 1.165) is 4.57 Å². The third-order valence-corrected chi connectivity index (χ3v) is 2.03. The summed E-state index contributed by atoms with van der Waals surface area (Å²) < 4.78 is 2.37. The normalized spacial score (nSPS) is 10.9. The average molecular weight is 183 g/mol. The molecule has 1 N–H and O–H groups in total. The van der Waals surface area contributed by atoms with Crippen LogP contribution in [0.3, 0.4) is 0 Å². The van der Waals surface area contributed by atoms with E-state index in [1.165, 1.54) is 17.9 Å². The summed E-state index contributed by atoms with van der Waals surface area (Å²) in [4.78, 5) is 29.4. The maximum atomic E-state index is 11.4. The van der Waals surface area contributed by atoms with Crippen molar-refractivity contribution in [3.8, 4) is 0 Å². The number of imidazole rings is 1. The van der Waals surface area contributed by atoms with Crippen molar-refractivity contribution in [2.75, 3.05) is 0 Å². The Morgan fingerprint density at radius 2 is 2.00 bits per heavy atom. The Morgan fingerprint density at radius 1 is 1.31 bits per heavy atom. The van der Waals surface area contributed by atoms with Crippen LogP contribution in [0.15, 0.2) is 15.9 Å². The first kappa shape index (κ1) is 7.78.